The van der Waals surface area contributed by atoms with Gasteiger partial charge in [-0.15, -0.1) is 6.58 Å². The molecule has 49 heavy (non-hydrogen) atoms. The van der Waals surface area contributed by atoms with E-state index < -0.39 is 73.0 Å². The number of allylic oxidation sites excluding steroid dienone is 1. The molecule has 12 heteroatoms. The molecule has 0 radical (unpaired) electrons. The van der Waals surface area contributed by atoms with Crippen LogP contribution in [0.4, 0.5) is 0 Å². The van der Waals surface area contributed by atoms with E-state index in [-0.39, 0.29) is 36.7 Å². The van der Waals surface area contributed by atoms with Gasteiger partial charge in [0, 0.05) is 38.2 Å². The smallest absolute Gasteiger partial charge is 0.303 e. The van der Waals surface area contributed by atoms with E-state index in [1.165, 1.54) is 6.92 Å². The first-order chi connectivity index (χ1) is 22.8. The fourth-order valence-electron chi connectivity index (χ4n) is 7.54. The van der Waals surface area contributed by atoms with Crippen molar-refractivity contribution < 1.29 is 58.8 Å². The first-order valence-corrected chi connectivity index (χ1v) is 17.3. The molecule has 4 unspecified atom stereocenters. The number of carbonyl (C=O) groups excluding carboxylic acids is 2. The van der Waals surface area contributed by atoms with E-state index in [0.717, 1.165) is 30.9 Å². The number of methoxy groups -OCH3 is 1. The van der Waals surface area contributed by atoms with Crippen molar-refractivity contribution in [2.24, 2.45) is 34.5 Å². The summed E-state index contributed by atoms with van der Waals surface area (Å²) in [5.41, 5.74) is 1.77. The highest BCUT2D eigenvalue weighted by Gasteiger charge is 2.55. The minimum absolute atomic E-state index is 0.0210. The summed E-state index contributed by atoms with van der Waals surface area (Å²) in [5, 5.41) is 55.4. The Hall–Kier alpha value is -2.16. The molecule has 5 N–H and O–H groups in total. The van der Waals surface area contributed by atoms with Crippen molar-refractivity contribution in [3.63, 3.8) is 0 Å². The zero-order valence-corrected chi connectivity index (χ0v) is 30.6. The highest BCUT2D eigenvalue weighted by atomic mass is 16.7. The summed E-state index contributed by atoms with van der Waals surface area (Å²) < 4.78 is 28.3. The Morgan fingerprint density at radius 3 is 2.27 bits per heavy atom. The SMILES string of the molecule is C=CC(C)(C)C.COC[C@H]1CC[C@@H]2/C1=C\[C@]1(C)C(=C([C@H](C)COC(C)=O)C[C@@H]1O)[C@@H](O[C@H]1OC(CO)C(O)C(OC(C)=O)C1O)[C@H](O)[C@@H]2C. The summed E-state index contributed by atoms with van der Waals surface area (Å²) in [4.78, 5) is 23.4. The maximum Gasteiger partial charge on any atom is 0.303 e. The van der Waals surface area contributed by atoms with E-state index in [4.69, 9.17) is 23.7 Å². The third-order valence-electron chi connectivity index (χ3n) is 10.5. The van der Waals surface area contributed by atoms with Crippen molar-refractivity contribution in [2.75, 3.05) is 26.9 Å². The predicted octanol–water partition coefficient (Wildman–Crippen LogP) is 2.84. The minimum atomic E-state index is -1.65. The number of hydrogen-bond acceptors (Lipinski definition) is 12. The van der Waals surface area contributed by atoms with Gasteiger partial charge in [-0.3, -0.25) is 9.59 Å². The summed E-state index contributed by atoms with van der Waals surface area (Å²) >= 11 is 0. The molecule has 280 valence electrons. The molecule has 3 aliphatic carbocycles. The largest absolute Gasteiger partial charge is 0.465 e. The fraction of sp³-hybridized carbons (Fsp3) is 0.784. The number of hydrogen-bond donors (Lipinski definition) is 5. The van der Waals surface area contributed by atoms with Gasteiger partial charge < -0.3 is 49.2 Å². The summed E-state index contributed by atoms with van der Waals surface area (Å²) in [6.45, 7) is 18.1. The van der Waals surface area contributed by atoms with E-state index >= 15 is 0 Å². The molecule has 1 saturated carbocycles. The lowest BCUT2D eigenvalue weighted by Crippen LogP contribution is -2.62. The van der Waals surface area contributed by atoms with Gasteiger partial charge in [0.25, 0.3) is 0 Å². The second-order valence-electron chi connectivity index (χ2n) is 15.4. The molecule has 1 saturated heterocycles. The van der Waals surface area contributed by atoms with Crippen molar-refractivity contribution in [1.29, 1.82) is 0 Å². The summed E-state index contributed by atoms with van der Waals surface area (Å²) in [7, 11) is 1.65. The molecular weight excluding hydrogens is 636 g/mol. The monoisotopic (exact) mass is 696 g/mol. The molecule has 0 spiro atoms. The number of carbonyl (C=O) groups is 2. The van der Waals surface area contributed by atoms with Crippen LogP contribution < -0.4 is 0 Å². The third-order valence-corrected chi connectivity index (χ3v) is 10.5. The van der Waals surface area contributed by atoms with E-state index in [2.05, 4.69) is 33.4 Å². The molecule has 0 amide bonds. The fourth-order valence-corrected chi connectivity index (χ4v) is 7.54. The molecule has 13 atom stereocenters. The molecule has 4 rings (SSSR count). The lowest BCUT2D eigenvalue weighted by Gasteiger charge is -2.46. The van der Waals surface area contributed by atoms with Crippen LogP contribution in [0.3, 0.4) is 0 Å². The number of aliphatic hydroxyl groups is 5. The summed E-state index contributed by atoms with van der Waals surface area (Å²) in [5.74, 6) is -1.75. The molecule has 1 aliphatic heterocycles. The van der Waals surface area contributed by atoms with Crippen molar-refractivity contribution >= 4 is 11.9 Å². The van der Waals surface area contributed by atoms with Gasteiger partial charge in [-0.25, -0.2) is 0 Å². The van der Waals surface area contributed by atoms with Crippen LogP contribution in [0.25, 0.3) is 0 Å². The normalized spacial score (nSPS) is 39.2. The van der Waals surface area contributed by atoms with E-state index in [0.29, 0.717) is 17.6 Å². The van der Waals surface area contributed by atoms with Crippen LogP contribution >= 0.6 is 0 Å². The Balaban J connectivity index is 0.000000992. The van der Waals surface area contributed by atoms with Crippen LogP contribution in [-0.4, -0.2) is 113 Å². The molecule has 0 aromatic rings. The van der Waals surface area contributed by atoms with Gasteiger partial charge >= 0.3 is 11.9 Å². The Labute approximate surface area is 291 Å². The topological polar surface area (TPSA) is 181 Å². The quantitative estimate of drug-likeness (QED) is 0.176. The molecule has 1 heterocycles. The van der Waals surface area contributed by atoms with E-state index in [9.17, 15) is 35.1 Å². The van der Waals surface area contributed by atoms with Gasteiger partial charge in [0.2, 0.25) is 0 Å². The number of rotatable bonds is 9. The Morgan fingerprint density at radius 1 is 1.10 bits per heavy atom. The Bertz CT molecular complexity index is 1220. The van der Waals surface area contributed by atoms with Crippen LogP contribution in [0.15, 0.2) is 35.5 Å². The first kappa shape index (κ1) is 41.3. The number of ether oxygens (including phenoxy) is 5. The molecule has 4 aliphatic rings. The van der Waals surface area contributed by atoms with Crippen molar-refractivity contribution in [2.45, 2.75) is 124 Å². The van der Waals surface area contributed by atoms with Crippen molar-refractivity contribution in [3.05, 3.63) is 35.5 Å². The number of esters is 2. The first-order valence-electron chi connectivity index (χ1n) is 17.3. The van der Waals surface area contributed by atoms with Crippen LogP contribution in [0.2, 0.25) is 0 Å². The molecule has 0 aromatic carbocycles. The molecule has 0 bridgehead atoms. The second-order valence-corrected chi connectivity index (χ2v) is 15.4. The van der Waals surface area contributed by atoms with Gasteiger partial charge in [-0.1, -0.05) is 57.9 Å². The van der Waals surface area contributed by atoms with Gasteiger partial charge in [0.15, 0.2) is 12.4 Å². The lowest BCUT2D eigenvalue weighted by molar-refractivity contribution is -0.317. The van der Waals surface area contributed by atoms with Crippen LogP contribution in [0.1, 0.15) is 74.7 Å². The zero-order chi connectivity index (χ0) is 37.0. The molecular formula is C37H60O12. The average Bonchev–Trinajstić information content (AvgIpc) is 3.53. The number of fused-ring (bicyclic) bond motifs is 2. The van der Waals surface area contributed by atoms with Crippen LogP contribution in [0, 0.1) is 34.5 Å². The van der Waals surface area contributed by atoms with Crippen LogP contribution in [0.5, 0.6) is 0 Å². The van der Waals surface area contributed by atoms with Gasteiger partial charge in [-0.05, 0) is 49.0 Å². The molecule has 12 nitrogen and oxygen atoms in total. The molecule has 2 fully saturated rings. The van der Waals surface area contributed by atoms with E-state index in [1.54, 1.807) is 7.11 Å². The summed E-state index contributed by atoms with van der Waals surface area (Å²) in [6, 6.07) is 0. The highest BCUT2D eigenvalue weighted by molar-refractivity contribution is 5.66. The Kier molecular flexibility index (Phi) is 14.2. The minimum Gasteiger partial charge on any atom is -0.465 e. The maximum absolute atomic E-state index is 12.1. The summed E-state index contributed by atoms with van der Waals surface area (Å²) in [6.07, 6.45) is -4.58. The Morgan fingerprint density at radius 2 is 1.73 bits per heavy atom. The maximum atomic E-state index is 12.1. The zero-order valence-electron chi connectivity index (χ0n) is 30.6. The predicted molar refractivity (Wildman–Crippen MR) is 181 cm³/mol. The third kappa shape index (κ3) is 9.39. The van der Waals surface area contributed by atoms with Crippen molar-refractivity contribution in [1.82, 2.24) is 0 Å². The average molecular weight is 697 g/mol. The lowest BCUT2D eigenvalue weighted by atomic mass is 9.68. The molecule has 0 aromatic heterocycles. The standard InChI is InChI=1S/C31H48O12.C6H12/c1-14(12-40-16(3)33)20-9-23(35)31(5)10-21-18(13-39-6)7-8-19(21)15(2)25(36)28(24(20)31)43-30-27(38)29(41-17(4)34)26(37)22(11-32)42-30;1-5-6(2,3)4/h10,14-15,18-19,22-23,25-30,32,35-38H,7-9,11-13H2,1-6H3;5H,1H2,2-4H3/b21-10-;/t14-,15-,18-,19+,22?,23+,25-,26?,27?,28-,29?,30-,31+;/m1./s1. The van der Waals surface area contributed by atoms with Gasteiger partial charge in [0.1, 0.15) is 24.4 Å². The van der Waals surface area contributed by atoms with E-state index in [1.807, 2.05) is 26.8 Å². The van der Waals surface area contributed by atoms with Crippen molar-refractivity contribution in [3.8, 4) is 0 Å². The van der Waals surface area contributed by atoms with Crippen LogP contribution in [-0.2, 0) is 33.3 Å². The number of aliphatic hydroxyl groups excluding tert-OH is 5. The highest BCUT2D eigenvalue weighted by Crippen LogP contribution is 2.56. The second kappa shape index (κ2) is 16.9. The van der Waals surface area contributed by atoms with Gasteiger partial charge in [0.05, 0.1) is 32.0 Å². The van der Waals surface area contributed by atoms with Gasteiger partial charge in [-0.2, -0.15) is 0 Å².